The van der Waals surface area contributed by atoms with Gasteiger partial charge in [-0.2, -0.15) is 12.6 Å². The van der Waals surface area contributed by atoms with Crippen LogP contribution in [0.2, 0.25) is 0 Å². The van der Waals surface area contributed by atoms with E-state index >= 15 is 0 Å². The van der Waals surface area contributed by atoms with Crippen LogP contribution in [-0.4, -0.2) is 36.6 Å². The average Bonchev–Trinajstić information content (AvgIpc) is 2.23. The Balaban J connectivity index is 3.57. The maximum absolute atomic E-state index is 11.0. The summed E-state index contributed by atoms with van der Waals surface area (Å²) in [5.41, 5.74) is 4.16. The molecule has 0 aliphatic heterocycles. The van der Waals surface area contributed by atoms with E-state index in [4.69, 9.17) is 0 Å². The van der Waals surface area contributed by atoms with Gasteiger partial charge in [-0.15, -0.1) is 0 Å². The van der Waals surface area contributed by atoms with Crippen molar-refractivity contribution in [3.63, 3.8) is 0 Å². The predicted molar refractivity (Wildman–Crippen MR) is 58.8 cm³/mol. The first-order valence-electron chi connectivity index (χ1n) is 3.87. The molecule has 0 rings (SSSR count). The zero-order valence-electron chi connectivity index (χ0n) is 7.78. The number of carbonyl (C=O) groups is 3. The highest BCUT2D eigenvalue weighted by Gasteiger charge is 2.05. The van der Waals surface area contributed by atoms with Crippen LogP contribution in [0, 0.1) is 0 Å². The van der Waals surface area contributed by atoms with Crippen molar-refractivity contribution >= 4 is 39.8 Å². The van der Waals surface area contributed by atoms with Crippen molar-refractivity contribution in [3.05, 3.63) is 0 Å². The second-order valence-electron chi connectivity index (χ2n) is 2.34. The van der Waals surface area contributed by atoms with Crippen molar-refractivity contribution in [2.45, 2.75) is 0 Å². The number of carbonyl (C=O) groups excluding carboxylic acids is 3. The van der Waals surface area contributed by atoms with Crippen molar-refractivity contribution in [1.29, 1.82) is 0 Å². The fourth-order valence-corrected chi connectivity index (χ4v) is 0.793. The lowest BCUT2D eigenvalue weighted by Crippen LogP contribution is -2.47. The lowest BCUT2D eigenvalue weighted by atomic mass is 10.5. The molecule has 0 aromatic carbocycles. The standard InChI is InChI=1S/C6H12N3O4PS/c10-4(1-7-6(12)3-15)8-9-5(11)2-13-14/h15H,1-3,14H2,(H,7,12)(H,8,10)(H,9,11). The maximum atomic E-state index is 11.0. The predicted octanol–water partition coefficient (Wildman–Crippen LogP) is -2.01. The van der Waals surface area contributed by atoms with E-state index in [0.717, 1.165) is 0 Å². The van der Waals surface area contributed by atoms with Crippen LogP contribution in [0.3, 0.4) is 0 Å². The average molecular weight is 253 g/mol. The van der Waals surface area contributed by atoms with Gasteiger partial charge in [-0.3, -0.25) is 25.2 Å². The molecule has 0 saturated carbocycles. The van der Waals surface area contributed by atoms with Gasteiger partial charge in [-0.1, -0.05) is 0 Å². The van der Waals surface area contributed by atoms with Crippen LogP contribution in [0.15, 0.2) is 0 Å². The summed E-state index contributed by atoms with van der Waals surface area (Å²) in [4.78, 5) is 32.4. The molecular formula is C6H12N3O4PS. The normalized spacial score (nSPS) is 9.20. The van der Waals surface area contributed by atoms with E-state index in [-0.39, 0.29) is 24.8 Å². The molecule has 0 aromatic rings. The molecule has 0 aliphatic carbocycles. The molecule has 0 aromatic heterocycles. The number of rotatable bonds is 5. The van der Waals surface area contributed by atoms with E-state index in [0.29, 0.717) is 0 Å². The lowest BCUT2D eigenvalue weighted by molar-refractivity contribution is -0.130. The number of nitrogens with one attached hydrogen (secondary N) is 3. The summed E-state index contributed by atoms with van der Waals surface area (Å²) < 4.78 is 4.42. The number of hydrogen-bond acceptors (Lipinski definition) is 5. The van der Waals surface area contributed by atoms with Gasteiger partial charge in [0.2, 0.25) is 5.91 Å². The van der Waals surface area contributed by atoms with Crippen LogP contribution in [-0.2, 0) is 18.9 Å². The minimum absolute atomic E-state index is 0.000533. The van der Waals surface area contributed by atoms with E-state index in [1.54, 1.807) is 0 Å². The largest absolute Gasteiger partial charge is 0.356 e. The molecule has 3 amide bonds. The number of hydrazine groups is 1. The second kappa shape index (κ2) is 8.46. The van der Waals surface area contributed by atoms with Crippen LogP contribution in [0.4, 0.5) is 0 Å². The Morgan fingerprint density at radius 2 is 1.73 bits per heavy atom. The third kappa shape index (κ3) is 8.17. The third-order valence-corrected chi connectivity index (χ3v) is 1.60. The Hall–Kier alpha value is -0.850. The second-order valence-corrected chi connectivity index (χ2v) is 2.99. The monoisotopic (exact) mass is 253 g/mol. The topological polar surface area (TPSA) is 96.5 Å². The van der Waals surface area contributed by atoms with E-state index < -0.39 is 11.8 Å². The van der Waals surface area contributed by atoms with Crippen molar-refractivity contribution in [2.75, 3.05) is 18.9 Å². The smallest absolute Gasteiger partial charge is 0.264 e. The molecule has 1 unspecified atom stereocenters. The summed E-state index contributed by atoms with van der Waals surface area (Å²) in [7, 11) is 1.90. The SMILES string of the molecule is O=C(CS)NCC(=O)NNC(=O)COP. The zero-order chi connectivity index (χ0) is 11.7. The minimum atomic E-state index is -0.540. The van der Waals surface area contributed by atoms with E-state index in [2.05, 4.69) is 33.3 Å². The Kier molecular flexibility index (Phi) is 7.98. The molecule has 15 heavy (non-hydrogen) atoms. The third-order valence-electron chi connectivity index (χ3n) is 1.15. The highest BCUT2D eigenvalue weighted by molar-refractivity contribution is 7.81. The van der Waals surface area contributed by atoms with E-state index in [1.807, 2.05) is 9.47 Å². The summed E-state index contributed by atoms with van der Waals surface area (Å²) in [6.07, 6.45) is 0. The van der Waals surface area contributed by atoms with Crippen molar-refractivity contribution in [3.8, 4) is 0 Å². The minimum Gasteiger partial charge on any atom is -0.356 e. The van der Waals surface area contributed by atoms with Gasteiger partial charge in [0.25, 0.3) is 11.8 Å². The van der Waals surface area contributed by atoms with Gasteiger partial charge in [0.1, 0.15) is 6.61 Å². The van der Waals surface area contributed by atoms with Gasteiger partial charge in [0, 0.05) is 9.47 Å². The van der Waals surface area contributed by atoms with Gasteiger partial charge >= 0.3 is 0 Å². The van der Waals surface area contributed by atoms with Crippen molar-refractivity contribution in [2.24, 2.45) is 0 Å². The Labute approximate surface area is 94.4 Å². The molecule has 1 atom stereocenters. The quantitative estimate of drug-likeness (QED) is 0.258. The first kappa shape index (κ1) is 14.2. The molecule has 9 heteroatoms. The van der Waals surface area contributed by atoms with Crippen LogP contribution >= 0.6 is 22.1 Å². The molecule has 3 N–H and O–H groups in total. The maximum Gasteiger partial charge on any atom is 0.264 e. The molecule has 0 heterocycles. The fourth-order valence-electron chi connectivity index (χ4n) is 0.530. The molecule has 0 fully saturated rings. The number of thiol groups is 1. The Bertz CT molecular complexity index is 251. The summed E-state index contributed by atoms with van der Waals surface area (Å²) >= 11 is 3.70. The first-order chi connectivity index (χ1) is 7.10. The molecule has 0 spiro atoms. The lowest BCUT2D eigenvalue weighted by Gasteiger charge is -2.06. The molecule has 0 bridgehead atoms. The fraction of sp³-hybridized carbons (Fsp3) is 0.500. The van der Waals surface area contributed by atoms with Crippen LogP contribution in [0.25, 0.3) is 0 Å². The summed E-state index contributed by atoms with van der Waals surface area (Å²) in [5.74, 6) is -1.41. The van der Waals surface area contributed by atoms with Gasteiger partial charge in [0.05, 0.1) is 12.3 Å². The van der Waals surface area contributed by atoms with E-state index in [1.165, 1.54) is 0 Å². The first-order valence-corrected chi connectivity index (χ1v) is 4.97. The van der Waals surface area contributed by atoms with Crippen LogP contribution < -0.4 is 16.2 Å². The van der Waals surface area contributed by atoms with Gasteiger partial charge < -0.3 is 9.84 Å². The molecule has 0 saturated heterocycles. The summed E-state index contributed by atoms with van der Waals surface area (Å²) in [5, 5.41) is 2.27. The molecule has 0 aliphatic rings. The van der Waals surface area contributed by atoms with Crippen molar-refractivity contribution in [1.82, 2.24) is 16.2 Å². The van der Waals surface area contributed by atoms with Crippen LogP contribution in [0.5, 0.6) is 0 Å². The highest BCUT2D eigenvalue weighted by Crippen LogP contribution is 1.81. The number of amides is 3. The van der Waals surface area contributed by atoms with Gasteiger partial charge in [0.15, 0.2) is 0 Å². The number of hydrogen-bond donors (Lipinski definition) is 4. The zero-order valence-corrected chi connectivity index (χ0v) is 9.83. The molecule has 7 nitrogen and oxygen atoms in total. The van der Waals surface area contributed by atoms with Gasteiger partial charge in [-0.25, -0.2) is 0 Å². The van der Waals surface area contributed by atoms with Crippen molar-refractivity contribution < 1.29 is 18.9 Å². The molecular weight excluding hydrogens is 241 g/mol. The van der Waals surface area contributed by atoms with E-state index in [9.17, 15) is 14.4 Å². The highest BCUT2D eigenvalue weighted by atomic mass is 32.1. The van der Waals surface area contributed by atoms with Gasteiger partial charge in [-0.05, 0) is 0 Å². The molecule has 0 radical (unpaired) electrons. The Morgan fingerprint density at radius 1 is 1.13 bits per heavy atom. The summed E-state index contributed by atoms with van der Waals surface area (Å²) in [6.45, 7) is -0.407. The Morgan fingerprint density at radius 3 is 2.27 bits per heavy atom. The summed E-state index contributed by atoms with van der Waals surface area (Å²) in [6, 6.07) is 0. The van der Waals surface area contributed by atoms with Crippen LogP contribution in [0.1, 0.15) is 0 Å². The molecule has 86 valence electrons.